The number of aliphatic hydroxyl groups excluding tert-OH is 1. The van der Waals surface area contributed by atoms with E-state index in [1.54, 1.807) is 67.6 Å². The summed E-state index contributed by atoms with van der Waals surface area (Å²) >= 11 is 0. The number of ketones is 3. The minimum atomic E-state index is -0.726. The summed E-state index contributed by atoms with van der Waals surface area (Å²) in [5.41, 5.74) is 3.15. The molecule has 43 heavy (non-hydrogen) atoms. The second-order valence-corrected chi connectivity index (χ2v) is 11.4. The van der Waals surface area contributed by atoms with Gasteiger partial charge in [0.25, 0.3) is 0 Å². The summed E-state index contributed by atoms with van der Waals surface area (Å²) in [4.78, 5) is 68.6. The van der Waals surface area contributed by atoms with Gasteiger partial charge in [0.2, 0.25) is 11.8 Å². The van der Waals surface area contributed by atoms with Crippen LogP contribution in [0.4, 0.5) is 5.69 Å². The van der Waals surface area contributed by atoms with Gasteiger partial charge in [-0.05, 0) is 68.2 Å². The Morgan fingerprint density at radius 2 is 1.63 bits per heavy atom. The van der Waals surface area contributed by atoms with Crippen LogP contribution in [-0.2, 0) is 25.8 Å². The minimum Gasteiger partial charge on any atom is -0.463 e. The molecule has 0 spiro atoms. The summed E-state index contributed by atoms with van der Waals surface area (Å²) in [6.07, 6.45) is 3.72. The van der Waals surface area contributed by atoms with Crippen molar-refractivity contribution >= 4 is 34.9 Å². The zero-order chi connectivity index (χ0) is 30.0. The van der Waals surface area contributed by atoms with Crippen LogP contribution in [-0.4, -0.2) is 34.3 Å². The highest BCUT2D eigenvalue weighted by Gasteiger charge is 2.57. The van der Waals surface area contributed by atoms with Crippen molar-refractivity contribution in [3.05, 3.63) is 124 Å². The first-order valence-corrected chi connectivity index (χ1v) is 14.3. The van der Waals surface area contributed by atoms with Crippen LogP contribution >= 0.6 is 0 Å². The van der Waals surface area contributed by atoms with Gasteiger partial charge in [-0.1, -0.05) is 42.0 Å². The van der Waals surface area contributed by atoms with E-state index in [0.717, 1.165) is 5.57 Å². The molecule has 1 fully saturated rings. The lowest BCUT2D eigenvalue weighted by molar-refractivity contribution is -0.123. The smallest absolute Gasteiger partial charge is 0.238 e. The second-order valence-electron chi connectivity index (χ2n) is 11.4. The molecule has 1 N–H and O–H groups in total. The molecule has 0 radical (unpaired) electrons. The summed E-state index contributed by atoms with van der Waals surface area (Å²) < 4.78 is 5.89. The number of imide groups is 1. The number of rotatable bonds is 5. The first kappa shape index (κ1) is 26.9. The number of furan rings is 1. The van der Waals surface area contributed by atoms with Gasteiger partial charge in [-0.3, -0.25) is 28.9 Å². The van der Waals surface area contributed by atoms with Gasteiger partial charge in [0.05, 0.1) is 23.4 Å². The highest BCUT2D eigenvalue weighted by atomic mass is 16.4. The third-order valence-electron chi connectivity index (χ3n) is 9.11. The zero-order valence-corrected chi connectivity index (χ0v) is 23.3. The number of hydrogen-bond acceptors (Lipinski definition) is 7. The highest BCUT2D eigenvalue weighted by molar-refractivity contribution is 6.25. The number of carbonyl (C=O) groups is 5. The Morgan fingerprint density at radius 1 is 0.907 bits per heavy atom. The molecule has 2 aromatic carbocycles. The molecule has 8 nitrogen and oxygen atoms in total. The summed E-state index contributed by atoms with van der Waals surface area (Å²) in [5.74, 6) is -3.19. The molecule has 1 saturated heterocycles. The quantitative estimate of drug-likeness (QED) is 0.204. The van der Waals surface area contributed by atoms with E-state index >= 15 is 0 Å². The molecule has 7 rings (SSSR count). The molecule has 3 aromatic rings. The fraction of sp³-hybridized carbons (Fsp3) is 0.229. The predicted molar refractivity (Wildman–Crippen MR) is 155 cm³/mol. The molecule has 4 atom stereocenters. The monoisotopic (exact) mass is 573 g/mol. The largest absolute Gasteiger partial charge is 0.463 e. The zero-order valence-electron chi connectivity index (χ0n) is 23.3. The summed E-state index contributed by atoms with van der Waals surface area (Å²) in [6.45, 7) is 1.28. The van der Waals surface area contributed by atoms with Crippen molar-refractivity contribution in [1.29, 1.82) is 0 Å². The van der Waals surface area contributed by atoms with E-state index < -0.39 is 23.7 Å². The van der Waals surface area contributed by atoms with Gasteiger partial charge in [0.15, 0.2) is 17.3 Å². The van der Waals surface area contributed by atoms with E-state index in [-0.39, 0.29) is 42.2 Å². The number of carbonyl (C=O) groups excluding carboxylic acids is 5. The fourth-order valence-corrected chi connectivity index (χ4v) is 7.12. The fourth-order valence-electron chi connectivity index (χ4n) is 7.12. The van der Waals surface area contributed by atoms with Gasteiger partial charge in [-0.2, -0.15) is 0 Å². The SMILES string of the molecule is CC1=CC(=O)C2=C(C[C@@H]3C(=CC[C@@H]4C(=O)N(c5ccc(C(=O)c6ccccc6)cc5)C(=O)[C@@H]43)[C@@H]2c2ccc(CO)o2)C1=O. The molecular weight excluding hydrogens is 546 g/mol. The van der Waals surface area contributed by atoms with E-state index in [2.05, 4.69) is 0 Å². The van der Waals surface area contributed by atoms with E-state index in [1.165, 1.54) is 11.0 Å². The van der Waals surface area contributed by atoms with Gasteiger partial charge in [-0.25, -0.2) is 0 Å². The van der Waals surface area contributed by atoms with Gasteiger partial charge < -0.3 is 9.52 Å². The van der Waals surface area contributed by atoms with Crippen LogP contribution in [0.2, 0.25) is 0 Å². The molecule has 0 bridgehead atoms. The number of allylic oxidation sites excluding steroid dienone is 6. The van der Waals surface area contributed by atoms with E-state index in [1.807, 2.05) is 12.1 Å². The maximum absolute atomic E-state index is 14.1. The van der Waals surface area contributed by atoms with Crippen LogP contribution < -0.4 is 4.90 Å². The standard InChI is InChI=1S/C35H27NO7/c1-18-15-27(38)30-26(32(18)39)16-25-23(31(30)28-14-11-22(17-37)43-28)12-13-24-29(25)35(42)36(34(24)41)21-9-7-20(8-10-21)33(40)19-5-3-2-4-6-19/h2-12,14-15,24-25,29,31,37H,13,16-17H2,1H3/t24-,25+,29-,31+/m0/s1. The number of hydrogen-bond donors (Lipinski definition) is 1. The number of fused-ring (bicyclic) bond motifs is 3. The van der Waals surface area contributed by atoms with Crippen LogP contribution in [0.25, 0.3) is 0 Å². The van der Waals surface area contributed by atoms with Crippen LogP contribution in [0, 0.1) is 17.8 Å². The number of aliphatic hydroxyl groups is 1. The average molecular weight is 574 g/mol. The third-order valence-corrected chi connectivity index (χ3v) is 9.11. The Morgan fingerprint density at radius 3 is 2.33 bits per heavy atom. The molecule has 1 aromatic heterocycles. The summed E-state index contributed by atoms with van der Waals surface area (Å²) in [7, 11) is 0. The molecule has 0 saturated carbocycles. The molecule has 8 heteroatoms. The predicted octanol–water partition coefficient (Wildman–Crippen LogP) is 4.64. The number of amides is 2. The number of Topliss-reactive ketones (excluding diaryl/α,β-unsaturated/α-hetero) is 1. The van der Waals surface area contributed by atoms with Gasteiger partial charge in [0.1, 0.15) is 18.1 Å². The lowest BCUT2D eigenvalue weighted by Gasteiger charge is -2.41. The lowest BCUT2D eigenvalue weighted by Crippen LogP contribution is -2.39. The van der Waals surface area contributed by atoms with E-state index in [9.17, 15) is 29.1 Å². The maximum atomic E-state index is 14.1. The number of benzene rings is 2. The van der Waals surface area contributed by atoms with Gasteiger partial charge >= 0.3 is 0 Å². The van der Waals surface area contributed by atoms with E-state index in [0.29, 0.717) is 51.5 Å². The van der Waals surface area contributed by atoms with Gasteiger partial charge in [-0.15, -0.1) is 0 Å². The van der Waals surface area contributed by atoms with Crippen molar-refractivity contribution in [2.45, 2.75) is 32.3 Å². The van der Waals surface area contributed by atoms with Gasteiger partial charge in [0, 0.05) is 27.8 Å². The second kappa shape index (κ2) is 10.1. The summed E-state index contributed by atoms with van der Waals surface area (Å²) in [6, 6.07) is 18.6. The Bertz CT molecular complexity index is 1820. The molecule has 0 unspecified atom stereocenters. The van der Waals surface area contributed by atoms with Crippen LogP contribution in [0.1, 0.15) is 53.1 Å². The topological polar surface area (TPSA) is 122 Å². The maximum Gasteiger partial charge on any atom is 0.238 e. The van der Waals surface area contributed by atoms with Crippen molar-refractivity contribution < 1.29 is 33.5 Å². The molecule has 3 aliphatic carbocycles. The molecule has 4 aliphatic rings. The minimum absolute atomic E-state index is 0.163. The summed E-state index contributed by atoms with van der Waals surface area (Å²) in [5, 5.41) is 9.62. The first-order chi connectivity index (χ1) is 20.8. The Balaban J connectivity index is 1.25. The average Bonchev–Trinajstić information content (AvgIpc) is 3.61. The van der Waals surface area contributed by atoms with Crippen molar-refractivity contribution in [3.8, 4) is 0 Å². The Labute approximate surface area is 247 Å². The first-order valence-electron chi connectivity index (χ1n) is 14.3. The molecule has 1 aliphatic heterocycles. The highest BCUT2D eigenvalue weighted by Crippen LogP contribution is 2.55. The Hall–Kier alpha value is -4.95. The van der Waals surface area contributed by atoms with E-state index in [4.69, 9.17) is 4.42 Å². The van der Waals surface area contributed by atoms with Crippen molar-refractivity contribution in [2.75, 3.05) is 4.90 Å². The molecule has 214 valence electrons. The molecule has 2 amide bonds. The molecular formula is C35H27NO7. The van der Waals surface area contributed by atoms with Crippen LogP contribution in [0.5, 0.6) is 0 Å². The number of nitrogens with zero attached hydrogens (tertiary/aromatic N) is 1. The molecule has 2 heterocycles. The van der Waals surface area contributed by atoms with Crippen molar-refractivity contribution in [3.63, 3.8) is 0 Å². The number of anilines is 1. The Kier molecular flexibility index (Phi) is 6.32. The van der Waals surface area contributed by atoms with Crippen molar-refractivity contribution in [1.82, 2.24) is 0 Å². The van der Waals surface area contributed by atoms with Crippen molar-refractivity contribution in [2.24, 2.45) is 17.8 Å². The van der Waals surface area contributed by atoms with Crippen LogP contribution in [0.3, 0.4) is 0 Å². The lowest BCUT2D eigenvalue weighted by atomic mass is 9.60. The normalized spacial score (nSPS) is 24.8. The van der Waals surface area contributed by atoms with Crippen LogP contribution in [0.15, 0.2) is 106 Å². The third kappa shape index (κ3) is 4.12.